The Balaban J connectivity index is 2.20. The third-order valence-corrected chi connectivity index (χ3v) is 4.60. The van der Waals surface area contributed by atoms with Crippen molar-refractivity contribution in [3.8, 4) is 0 Å². The quantitative estimate of drug-likeness (QED) is 0.790. The van der Waals surface area contributed by atoms with E-state index in [9.17, 15) is 0 Å². The Morgan fingerprint density at radius 3 is 2.47 bits per heavy atom. The predicted molar refractivity (Wildman–Crippen MR) is 86.0 cm³/mol. The van der Waals surface area contributed by atoms with Gasteiger partial charge in [-0.1, -0.05) is 41.4 Å². The van der Waals surface area contributed by atoms with Crippen molar-refractivity contribution >= 4 is 39.1 Å². The van der Waals surface area contributed by atoms with Gasteiger partial charge in [0.2, 0.25) is 0 Å². The summed E-state index contributed by atoms with van der Waals surface area (Å²) >= 11 is 15.7. The molecule has 2 rings (SSSR count). The Bertz CT molecular complexity index is 599. The van der Waals surface area contributed by atoms with E-state index in [4.69, 9.17) is 28.9 Å². The molecule has 0 saturated heterocycles. The summed E-state index contributed by atoms with van der Waals surface area (Å²) in [7, 11) is 0. The molecule has 0 fully saturated rings. The lowest BCUT2D eigenvalue weighted by Gasteiger charge is -2.14. The van der Waals surface area contributed by atoms with E-state index in [0.29, 0.717) is 11.4 Å². The average molecular weight is 359 g/mol. The third-order valence-electron chi connectivity index (χ3n) is 3.02. The van der Waals surface area contributed by atoms with Gasteiger partial charge < -0.3 is 5.73 Å². The van der Waals surface area contributed by atoms with Crippen molar-refractivity contribution in [2.45, 2.75) is 19.4 Å². The van der Waals surface area contributed by atoms with E-state index in [-0.39, 0.29) is 6.04 Å². The number of benzene rings is 2. The molecular formula is C15H14BrCl2N. The van der Waals surface area contributed by atoms with Gasteiger partial charge in [-0.15, -0.1) is 0 Å². The van der Waals surface area contributed by atoms with Crippen molar-refractivity contribution in [2.75, 3.05) is 0 Å². The van der Waals surface area contributed by atoms with Crippen LogP contribution in [0.15, 0.2) is 40.9 Å². The predicted octanol–water partition coefficient (Wildman–Crippen LogP) is 5.31. The zero-order valence-corrected chi connectivity index (χ0v) is 13.6. The molecule has 0 aliphatic heterocycles. The summed E-state index contributed by atoms with van der Waals surface area (Å²) in [4.78, 5) is 0. The van der Waals surface area contributed by atoms with Gasteiger partial charge in [-0.25, -0.2) is 0 Å². The monoisotopic (exact) mass is 357 g/mol. The second-order valence-corrected chi connectivity index (χ2v) is 6.25. The van der Waals surface area contributed by atoms with Crippen LogP contribution in [-0.4, -0.2) is 0 Å². The van der Waals surface area contributed by atoms with Crippen molar-refractivity contribution in [2.24, 2.45) is 5.73 Å². The normalized spacial score (nSPS) is 12.5. The lowest BCUT2D eigenvalue weighted by Crippen LogP contribution is -2.13. The number of hydrogen-bond donors (Lipinski definition) is 1. The minimum absolute atomic E-state index is 0.120. The molecule has 2 aromatic carbocycles. The Morgan fingerprint density at radius 1 is 1.11 bits per heavy atom. The van der Waals surface area contributed by atoms with E-state index in [1.54, 1.807) is 0 Å². The van der Waals surface area contributed by atoms with Gasteiger partial charge in [0.1, 0.15) is 0 Å². The fourth-order valence-electron chi connectivity index (χ4n) is 1.92. The first-order valence-corrected chi connectivity index (χ1v) is 7.48. The number of halogens is 3. The lowest BCUT2D eigenvalue weighted by atomic mass is 9.99. The summed E-state index contributed by atoms with van der Waals surface area (Å²) in [5.74, 6) is 0. The Labute approximate surface area is 131 Å². The SMILES string of the molecule is Cc1ccc(CC(N)c2ccc(Br)c(Cl)c2)c(Cl)c1. The van der Waals surface area contributed by atoms with Crippen LogP contribution in [0.4, 0.5) is 0 Å². The Morgan fingerprint density at radius 2 is 1.84 bits per heavy atom. The van der Waals surface area contributed by atoms with Crippen LogP contribution in [0.5, 0.6) is 0 Å². The summed E-state index contributed by atoms with van der Waals surface area (Å²) < 4.78 is 0.874. The first-order valence-electron chi connectivity index (χ1n) is 5.93. The topological polar surface area (TPSA) is 26.0 Å². The van der Waals surface area contributed by atoms with E-state index >= 15 is 0 Å². The molecule has 0 saturated carbocycles. The molecule has 0 aliphatic rings. The molecule has 0 aromatic heterocycles. The molecule has 0 amide bonds. The molecule has 2 N–H and O–H groups in total. The summed E-state index contributed by atoms with van der Waals surface area (Å²) in [6.45, 7) is 2.02. The van der Waals surface area contributed by atoms with Gasteiger partial charge in [-0.2, -0.15) is 0 Å². The van der Waals surface area contributed by atoms with Gasteiger partial charge in [0.25, 0.3) is 0 Å². The fourth-order valence-corrected chi connectivity index (χ4v) is 2.66. The fraction of sp³-hybridized carbons (Fsp3) is 0.200. The lowest BCUT2D eigenvalue weighted by molar-refractivity contribution is 0.722. The standard InChI is InChI=1S/C15H14BrCl2N/c1-9-2-3-10(13(17)6-9)8-15(19)11-4-5-12(16)14(18)7-11/h2-7,15H,8,19H2,1H3. The van der Waals surface area contributed by atoms with Gasteiger partial charge >= 0.3 is 0 Å². The van der Waals surface area contributed by atoms with Crippen LogP contribution >= 0.6 is 39.1 Å². The zero-order valence-electron chi connectivity index (χ0n) is 10.5. The molecule has 2 aromatic rings. The van der Waals surface area contributed by atoms with Crippen LogP contribution in [0, 0.1) is 6.92 Å². The number of nitrogens with two attached hydrogens (primary N) is 1. The van der Waals surface area contributed by atoms with Gasteiger partial charge in [0.05, 0.1) is 5.02 Å². The Kier molecular flexibility index (Phi) is 4.91. The maximum Gasteiger partial charge on any atom is 0.0551 e. The van der Waals surface area contributed by atoms with Crippen LogP contribution in [0.2, 0.25) is 10.0 Å². The highest BCUT2D eigenvalue weighted by molar-refractivity contribution is 9.10. The first kappa shape index (κ1) is 14.9. The number of hydrogen-bond acceptors (Lipinski definition) is 1. The van der Waals surface area contributed by atoms with E-state index < -0.39 is 0 Å². The van der Waals surface area contributed by atoms with Crippen molar-refractivity contribution < 1.29 is 0 Å². The van der Waals surface area contributed by atoms with Gasteiger partial charge in [0, 0.05) is 15.5 Å². The van der Waals surface area contributed by atoms with Crippen LogP contribution < -0.4 is 5.73 Å². The van der Waals surface area contributed by atoms with Gasteiger partial charge in [0.15, 0.2) is 0 Å². The van der Waals surface area contributed by atoms with Crippen molar-refractivity contribution in [3.63, 3.8) is 0 Å². The molecule has 1 nitrogen and oxygen atoms in total. The molecule has 100 valence electrons. The summed E-state index contributed by atoms with van der Waals surface area (Å²) in [6.07, 6.45) is 0.692. The zero-order chi connectivity index (χ0) is 14.0. The van der Waals surface area contributed by atoms with Crippen LogP contribution in [0.25, 0.3) is 0 Å². The molecular weight excluding hydrogens is 345 g/mol. The minimum Gasteiger partial charge on any atom is -0.324 e. The van der Waals surface area contributed by atoms with E-state index in [1.165, 1.54) is 0 Å². The smallest absolute Gasteiger partial charge is 0.0551 e. The van der Waals surface area contributed by atoms with E-state index in [0.717, 1.165) is 26.2 Å². The second-order valence-electron chi connectivity index (χ2n) is 4.58. The van der Waals surface area contributed by atoms with Gasteiger partial charge in [-0.05, 0) is 64.2 Å². The van der Waals surface area contributed by atoms with E-state index in [2.05, 4.69) is 15.9 Å². The summed E-state index contributed by atoms with van der Waals surface area (Å²) in [5.41, 5.74) is 9.43. The molecule has 1 atom stereocenters. The summed E-state index contributed by atoms with van der Waals surface area (Å²) in [5, 5.41) is 1.43. The minimum atomic E-state index is -0.120. The molecule has 4 heteroatoms. The van der Waals surface area contributed by atoms with Gasteiger partial charge in [-0.3, -0.25) is 0 Å². The van der Waals surface area contributed by atoms with Crippen molar-refractivity contribution in [1.29, 1.82) is 0 Å². The molecule has 1 unspecified atom stereocenters. The molecule has 0 heterocycles. The van der Waals surface area contributed by atoms with Crippen LogP contribution in [0.3, 0.4) is 0 Å². The summed E-state index contributed by atoms with van der Waals surface area (Å²) in [6, 6.07) is 11.7. The largest absolute Gasteiger partial charge is 0.324 e. The highest BCUT2D eigenvalue weighted by Crippen LogP contribution is 2.28. The number of aryl methyl sites for hydroxylation is 1. The average Bonchev–Trinajstić information content (AvgIpc) is 2.36. The van der Waals surface area contributed by atoms with E-state index in [1.807, 2.05) is 43.3 Å². The van der Waals surface area contributed by atoms with Crippen molar-refractivity contribution in [1.82, 2.24) is 0 Å². The highest BCUT2D eigenvalue weighted by Gasteiger charge is 2.11. The maximum absolute atomic E-state index is 6.23. The Hall–Kier alpha value is -0.540. The van der Waals surface area contributed by atoms with Crippen molar-refractivity contribution in [3.05, 3.63) is 67.6 Å². The highest BCUT2D eigenvalue weighted by atomic mass is 79.9. The maximum atomic E-state index is 6.23. The molecule has 0 radical (unpaired) electrons. The molecule has 0 aliphatic carbocycles. The molecule has 19 heavy (non-hydrogen) atoms. The molecule has 0 spiro atoms. The van der Waals surface area contributed by atoms with Crippen LogP contribution in [0.1, 0.15) is 22.7 Å². The molecule has 0 bridgehead atoms. The second kappa shape index (κ2) is 6.27. The van der Waals surface area contributed by atoms with Crippen LogP contribution in [-0.2, 0) is 6.42 Å². The third kappa shape index (κ3) is 3.73. The number of rotatable bonds is 3. The first-order chi connectivity index (χ1) is 8.97.